The van der Waals surface area contributed by atoms with Crippen LogP contribution >= 0.6 is 0 Å². The van der Waals surface area contributed by atoms with Gasteiger partial charge in [-0.15, -0.1) is 0 Å². The normalized spacial score (nSPS) is 19.3. The molecule has 2 heterocycles. The van der Waals surface area contributed by atoms with E-state index >= 15 is 0 Å². The third-order valence-electron chi connectivity index (χ3n) is 8.67. The topological polar surface area (TPSA) is 58.0 Å². The highest BCUT2D eigenvalue weighted by atomic mass is 16.5. The van der Waals surface area contributed by atoms with E-state index in [-0.39, 0.29) is 17.2 Å². The molecule has 0 amide bonds. The fraction of sp³-hybridized carbons (Fsp3) is 0.282. The highest BCUT2D eigenvalue weighted by molar-refractivity contribution is 6.13. The number of hydrogen-bond acceptors (Lipinski definition) is 5. The van der Waals surface area contributed by atoms with Gasteiger partial charge in [0, 0.05) is 25.4 Å². The van der Waals surface area contributed by atoms with Crippen LogP contribution in [0.3, 0.4) is 0 Å². The largest absolute Gasteiger partial charge is 0.506 e. The zero-order chi connectivity index (χ0) is 32.7. The lowest BCUT2D eigenvalue weighted by atomic mass is 9.86. The van der Waals surface area contributed by atoms with Crippen molar-refractivity contribution in [3.63, 3.8) is 0 Å². The fourth-order valence-electron chi connectivity index (χ4n) is 6.72. The van der Waals surface area contributed by atoms with Gasteiger partial charge in [-0.2, -0.15) is 0 Å². The molecule has 1 aliphatic heterocycles. The van der Waals surface area contributed by atoms with Crippen LogP contribution in [-0.2, 0) is 11.8 Å². The summed E-state index contributed by atoms with van der Waals surface area (Å²) >= 11 is 0. The number of aromatic hydroxyl groups is 1. The minimum atomic E-state index is -1.62. The van der Waals surface area contributed by atoms with Crippen molar-refractivity contribution in [2.75, 3.05) is 4.90 Å². The second-order valence-electron chi connectivity index (χ2n) is 13.3. The van der Waals surface area contributed by atoms with Gasteiger partial charge in [0.05, 0.1) is 12.1 Å². The maximum atomic E-state index is 10.9. The monoisotopic (exact) mass is 583 g/mol. The van der Waals surface area contributed by atoms with Crippen molar-refractivity contribution in [2.24, 2.45) is 4.99 Å². The molecule has 222 valence electrons. The minimum absolute atomic E-state index is 0.106. The molecule has 0 spiro atoms. The van der Waals surface area contributed by atoms with Crippen molar-refractivity contribution < 1.29 is 12.6 Å². The number of hydrogen-bond donors (Lipinski definition) is 1. The summed E-state index contributed by atoms with van der Waals surface area (Å²) < 4.78 is 25.1. The average molecular weight is 584 g/mol. The van der Waals surface area contributed by atoms with Crippen molar-refractivity contribution in [3.8, 4) is 17.4 Å². The Morgan fingerprint density at radius 1 is 0.886 bits per heavy atom. The van der Waals surface area contributed by atoms with E-state index in [1.807, 2.05) is 55.5 Å². The third kappa shape index (κ3) is 4.81. The molecule has 5 nitrogen and oxygen atoms in total. The first-order valence-corrected chi connectivity index (χ1v) is 15.2. The summed E-state index contributed by atoms with van der Waals surface area (Å²) in [6.07, 6.45) is -1.62. The Morgan fingerprint density at radius 2 is 1.61 bits per heavy atom. The predicted molar refractivity (Wildman–Crippen MR) is 180 cm³/mol. The van der Waals surface area contributed by atoms with Crippen LogP contribution in [0.2, 0.25) is 0 Å². The first-order valence-electron chi connectivity index (χ1n) is 16.2. The smallest absolute Gasteiger partial charge is 0.219 e. The highest BCUT2D eigenvalue weighted by Crippen LogP contribution is 2.46. The van der Waals surface area contributed by atoms with Crippen LogP contribution in [-0.4, -0.2) is 22.0 Å². The number of pyridine rings is 1. The zero-order valence-electron chi connectivity index (χ0n) is 28.4. The number of amidine groups is 1. The number of fused-ring (bicyclic) bond motifs is 4. The second kappa shape index (κ2) is 10.2. The number of aliphatic imine (C=N–C) groups is 1. The fourth-order valence-corrected chi connectivity index (χ4v) is 6.72. The second-order valence-corrected chi connectivity index (χ2v) is 13.3. The first kappa shape index (κ1) is 25.8. The zero-order valence-corrected chi connectivity index (χ0v) is 26.4. The summed E-state index contributed by atoms with van der Waals surface area (Å²) in [5.41, 5.74) is 9.19. The number of benzene rings is 4. The number of ether oxygens (including phenoxy) is 1. The van der Waals surface area contributed by atoms with E-state index in [0.717, 1.165) is 50.3 Å². The molecule has 5 heteroatoms. The predicted octanol–water partition coefficient (Wildman–Crippen LogP) is 9.20. The van der Waals surface area contributed by atoms with Gasteiger partial charge in [0.2, 0.25) is 5.88 Å². The Hall–Kier alpha value is -4.64. The lowest BCUT2D eigenvalue weighted by Crippen LogP contribution is -2.38. The van der Waals surface area contributed by atoms with E-state index in [2.05, 4.69) is 75.7 Å². The number of aryl methyl sites for hydroxylation is 4. The van der Waals surface area contributed by atoms with E-state index < -0.39 is 12.4 Å². The SMILES string of the molecule is [2H]C1([2H])c2ccccc2[C@@H]2N=C(c3cc(C)cc(Oc4ccc5cc(C(C)(C)C)cc(O)c5n4)c3)N(c3c(C)cc(C)cc3C)[C@H]21. The molecule has 0 saturated heterocycles. The summed E-state index contributed by atoms with van der Waals surface area (Å²) in [5, 5.41) is 11.7. The number of rotatable bonds is 4. The van der Waals surface area contributed by atoms with E-state index in [1.54, 1.807) is 6.07 Å². The van der Waals surface area contributed by atoms with Crippen molar-refractivity contribution in [3.05, 3.63) is 123 Å². The molecule has 1 aliphatic carbocycles. The molecule has 1 N–H and O–H groups in total. The van der Waals surface area contributed by atoms with Crippen LogP contribution in [0.4, 0.5) is 5.69 Å². The van der Waals surface area contributed by atoms with Gasteiger partial charge < -0.3 is 14.7 Å². The Bertz CT molecular complexity index is 2060. The van der Waals surface area contributed by atoms with Crippen LogP contribution in [0.5, 0.6) is 17.4 Å². The number of anilines is 1. The molecule has 0 radical (unpaired) electrons. The molecule has 5 aromatic rings. The van der Waals surface area contributed by atoms with Gasteiger partial charge in [0.15, 0.2) is 0 Å². The average Bonchev–Trinajstić information content (AvgIpc) is 3.46. The molecule has 0 fully saturated rings. The Labute approximate surface area is 262 Å². The Kier molecular flexibility index (Phi) is 6.00. The minimum Gasteiger partial charge on any atom is -0.506 e. The van der Waals surface area contributed by atoms with Crippen molar-refractivity contribution >= 4 is 22.4 Å². The summed E-state index contributed by atoms with van der Waals surface area (Å²) in [6.45, 7) is 14.6. The van der Waals surface area contributed by atoms with Crippen LogP contribution in [0.15, 0.2) is 83.9 Å². The third-order valence-corrected chi connectivity index (χ3v) is 8.67. The number of phenols is 1. The molecule has 2 aliphatic rings. The molecule has 0 unspecified atom stereocenters. The lowest BCUT2D eigenvalue weighted by Gasteiger charge is -2.31. The molecule has 0 bridgehead atoms. The van der Waals surface area contributed by atoms with Crippen molar-refractivity contribution in [1.82, 2.24) is 4.98 Å². The highest BCUT2D eigenvalue weighted by Gasteiger charge is 2.44. The van der Waals surface area contributed by atoms with Gasteiger partial charge in [-0.1, -0.05) is 62.7 Å². The van der Waals surface area contributed by atoms with E-state index in [1.165, 1.54) is 5.56 Å². The summed E-state index contributed by atoms with van der Waals surface area (Å²) in [7, 11) is 0. The molecular formula is C39H39N3O2. The molecule has 2 atom stereocenters. The molecular weight excluding hydrogens is 542 g/mol. The van der Waals surface area contributed by atoms with Crippen molar-refractivity contribution in [1.29, 1.82) is 0 Å². The quantitative estimate of drug-likeness (QED) is 0.229. The number of nitrogens with zero attached hydrogens (tertiary/aromatic N) is 3. The molecule has 7 rings (SSSR count). The standard InChI is InChI=1S/C39H39N3O2/c1-22-14-24(3)37(25(4)15-22)42-32-20-26-10-8-9-11-31(26)36(32)41-38(42)28-16-23(2)17-30(19-28)44-34-13-12-27-18-29(39(5,6)7)21-33(43)35(27)40-34/h8-19,21,32,36,43H,20H2,1-7H3/t32-,36-/m0/s1/i20D2. The summed E-state index contributed by atoms with van der Waals surface area (Å²) in [6, 6.07) is 24.8. The number of aromatic nitrogens is 1. The molecule has 4 aromatic carbocycles. The van der Waals surface area contributed by atoms with Crippen LogP contribution < -0.4 is 9.64 Å². The number of phenolic OH excluding ortho intramolecular Hbond substituents is 1. The maximum Gasteiger partial charge on any atom is 0.219 e. The Morgan fingerprint density at radius 3 is 2.36 bits per heavy atom. The maximum absolute atomic E-state index is 10.9. The van der Waals surface area contributed by atoms with Gasteiger partial charge in [-0.05, 0) is 109 Å². The first-order chi connectivity index (χ1) is 21.7. The summed E-state index contributed by atoms with van der Waals surface area (Å²) in [4.78, 5) is 12.1. The molecule has 0 saturated carbocycles. The van der Waals surface area contributed by atoms with Crippen LogP contribution in [0.25, 0.3) is 10.9 Å². The molecule has 1 aromatic heterocycles. The van der Waals surface area contributed by atoms with Gasteiger partial charge in [0.1, 0.15) is 22.9 Å². The molecule has 44 heavy (non-hydrogen) atoms. The van der Waals surface area contributed by atoms with Crippen LogP contribution in [0, 0.1) is 27.7 Å². The summed E-state index contributed by atoms with van der Waals surface area (Å²) in [5.74, 6) is 1.81. The van der Waals surface area contributed by atoms with Gasteiger partial charge in [0.25, 0.3) is 0 Å². The van der Waals surface area contributed by atoms with Gasteiger partial charge >= 0.3 is 0 Å². The van der Waals surface area contributed by atoms with Crippen molar-refractivity contribution in [2.45, 2.75) is 72.3 Å². The van der Waals surface area contributed by atoms with Gasteiger partial charge in [-0.3, -0.25) is 4.99 Å². The van der Waals surface area contributed by atoms with E-state index in [4.69, 9.17) is 9.73 Å². The van der Waals surface area contributed by atoms with E-state index in [0.29, 0.717) is 22.7 Å². The van der Waals surface area contributed by atoms with Gasteiger partial charge in [-0.25, -0.2) is 4.98 Å². The van der Waals surface area contributed by atoms with Crippen LogP contribution in [0.1, 0.15) is 74.1 Å². The lowest BCUT2D eigenvalue weighted by molar-refractivity contribution is 0.458. The van der Waals surface area contributed by atoms with E-state index in [9.17, 15) is 7.85 Å². The Balaban J connectivity index is 1.33.